The summed E-state index contributed by atoms with van der Waals surface area (Å²) in [4.78, 5) is 10.5. The van der Waals surface area contributed by atoms with Gasteiger partial charge in [0.15, 0.2) is 0 Å². The number of benzene rings is 1. The van der Waals surface area contributed by atoms with Crippen molar-refractivity contribution in [3.05, 3.63) is 40.4 Å². The molecule has 0 radical (unpaired) electrons. The number of carboxylic acids is 1. The molecule has 0 aliphatic rings. The van der Waals surface area contributed by atoms with E-state index in [4.69, 9.17) is 33.0 Å². The quantitative estimate of drug-likeness (QED) is 0.889. The summed E-state index contributed by atoms with van der Waals surface area (Å²) in [5, 5.41) is 9.02. The Balaban J connectivity index is 2.61. The molecule has 0 aromatic heterocycles. The summed E-state index contributed by atoms with van der Waals surface area (Å²) in [6.07, 6.45) is 0. The van der Waals surface area contributed by atoms with E-state index < -0.39 is 5.97 Å². The first-order valence-corrected chi connectivity index (χ1v) is 4.86. The molecule has 0 saturated heterocycles. The van der Waals surface area contributed by atoms with Crippen molar-refractivity contribution in [1.29, 1.82) is 0 Å². The van der Waals surface area contributed by atoms with Crippen LogP contribution in [0.3, 0.4) is 0 Å². The molecule has 0 bridgehead atoms. The predicted octanol–water partition coefficient (Wildman–Crippen LogP) is 3.08. The van der Waals surface area contributed by atoms with E-state index in [1.54, 1.807) is 12.1 Å². The lowest BCUT2D eigenvalue weighted by atomic mass is 10.2. The van der Waals surface area contributed by atoms with Gasteiger partial charge in [0, 0.05) is 5.54 Å². The second-order valence-electron chi connectivity index (χ2n) is 2.67. The van der Waals surface area contributed by atoms with Gasteiger partial charge in [-0.2, -0.15) is 0 Å². The molecule has 1 aromatic rings. The van der Waals surface area contributed by atoms with Crippen LogP contribution in [0.1, 0.15) is 10.4 Å². The van der Waals surface area contributed by atoms with Crippen molar-refractivity contribution >= 4 is 29.2 Å². The van der Waals surface area contributed by atoms with Crippen LogP contribution in [0.5, 0.6) is 5.75 Å². The zero-order valence-corrected chi connectivity index (χ0v) is 9.13. The number of halogens is 2. The first-order chi connectivity index (χ1) is 7.13. The summed E-state index contributed by atoms with van der Waals surface area (Å²) in [6, 6.07) is 6.02. The molecule has 0 atom stereocenters. The van der Waals surface area contributed by atoms with Gasteiger partial charge in [0.2, 0.25) is 0 Å². The Labute approximate surface area is 96.9 Å². The Bertz CT molecular complexity index is 371. The molecule has 0 amide bonds. The number of hydrogen-bond donors (Lipinski definition) is 1. The Kier molecular flexibility index (Phi) is 4.46. The van der Waals surface area contributed by atoms with Gasteiger partial charge >= 0.3 is 5.97 Å². The van der Waals surface area contributed by atoms with Crippen molar-refractivity contribution < 1.29 is 14.6 Å². The third kappa shape index (κ3) is 3.81. The van der Waals surface area contributed by atoms with Crippen LogP contribution >= 0.6 is 23.2 Å². The lowest BCUT2D eigenvalue weighted by Crippen LogP contribution is -1.98. The van der Waals surface area contributed by atoms with Gasteiger partial charge in [-0.15, -0.1) is 0 Å². The number of aromatic carboxylic acids is 1. The highest BCUT2D eigenvalue weighted by Gasteiger charge is 2.02. The lowest BCUT2D eigenvalue weighted by molar-refractivity contribution is 0.0697. The van der Waals surface area contributed by atoms with E-state index in [0.29, 0.717) is 10.8 Å². The summed E-state index contributed by atoms with van der Waals surface area (Å²) in [6.45, 7) is 0.164. The summed E-state index contributed by atoms with van der Waals surface area (Å²) in [5.41, 5.74) is 1.43. The number of ether oxygens (including phenoxy) is 1. The minimum Gasteiger partial charge on any atom is -0.488 e. The molecule has 5 heteroatoms. The van der Waals surface area contributed by atoms with Crippen LogP contribution < -0.4 is 4.74 Å². The Hall–Kier alpha value is -1.19. The second kappa shape index (κ2) is 5.63. The fourth-order valence-corrected chi connectivity index (χ4v) is 0.995. The molecule has 1 aromatic carbocycles. The van der Waals surface area contributed by atoms with E-state index in [2.05, 4.69) is 0 Å². The first kappa shape index (κ1) is 11.9. The van der Waals surface area contributed by atoms with E-state index in [-0.39, 0.29) is 12.2 Å². The van der Waals surface area contributed by atoms with Crippen molar-refractivity contribution in [2.75, 3.05) is 6.61 Å². The maximum Gasteiger partial charge on any atom is 0.335 e. The molecule has 80 valence electrons. The highest BCUT2D eigenvalue weighted by molar-refractivity contribution is 6.36. The van der Waals surface area contributed by atoms with Crippen LogP contribution in [0.2, 0.25) is 0 Å². The van der Waals surface area contributed by atoms with Crippen LogP contribution in [-0.4, -0.2) is 17.7 Å². The Morgan fingerprint density at radius 2 is 2.00 bits per heavy atom. The number of hydrogen-bond acceptors (Lipinski definition) is 2. The molecule has 0 heterocycles. The average molecular weight is 247 g/mol. The third-order valence-electron chi connectivity index (χ3n) is 1.60. The Morgan fingerprint density at radius 3 is 2.47 bits per heavy atom. The van der Waals surface area contributed by atoms with Crippen LogP contribution in [0.25, 0.3) is 0 Å². The molecule has 1 rings (SSSR count). The fraction of sp³-hybridized carbons (Fsp3) is 0.100. The van der Waals surface area contributed by atoms with Crippen molar-refractivity contribution in [1.82, 2.24) is 0 Å². The van der Waals surface area contributed by atoms with Crippen molar-refractivity contribution in [2.24, 2.45) is 0 Å². The third-order valence-corrected chi connectivity index (χ3v) is 2.19. The van der Waals surface area contributed by atoms with E-state index in [9.17, 15) is 4.79 Å². The van der Waals surface area contributed by atoms with Gasteiger partial charge in [-0.3, -0.25) is 0 Å². The van der Waals surface area contributed by atoms with Crippen LogP contribution in [0.15, 0.2) is 34.8 Å². The van der Waals surface area contributed by atoms with E-state index in [1.165, 1.54) is 17.7 Å². The van der Waals surface area contributed by atoms with Crippen LogP contribution in [-0.2, 0) is 0 Å². The molecular formula is C10H8Cl2O3. The molecule has 0 fully saturated rings. The van der Waals surface area contributed by atoms with Crippen molar-refractivity contribution in [3.8, 4) is 5.75 Å². The molecule has 3 nitrogen and oxygen atoms in total. The maximum atomic E-state index is 10.5. The van der Waals surface area contributed by atoms with E-state index in [0.717, 1.165) is 0 Å². The standard InChI is InChI=1S/C10H8Cl2O3/c11-5-8(12)6-15-9-3-1-7(2-4-9)10(13)14/h1-5H,6H2,(H,13,14). The maximum absolute atomic E-state index is 10.5. The summed E-state index contributed by atoms with van der Waals surface area (Å²) in [5.74, 6) is -0.433. The number of carbonyl (C=O) groups is 1. The normalized spacial score (nSPS) is 11.2. The van der Waals surface area contributed by atoms with E-state index >= 15 is 0 Å². The van der Waals surface area contributed by atoms with Crippen molar-refractivity contribution in [3.63, 3.8) is 0 Å². The summed E-state index contributed by atoms with van der Waals surface area (Å²) < 4.78 is 5.22. The van der Waals surface area contributed by atoms with Gasteiger partial charge in [-0.1, -0.05) is 23.2 Å². The van der Waals surface area contributed by atoms with E-state index in [1.807, 2.05) is 0 Å². The smallest absolute Gasteiger partial charge is 0.335 e. The molecule has 0 saturated carbocycles. The highest BCUT2D eigenvalue weighted by atomic mass is 35.5. The van der Waals surface area contributed by atoms with Gasteiger partial charge in [-0.25, -0.2) is 4.79 Å². The molecule has 0 aliphatic carbocycles. The fourth-order valence-electron chi connectivity index (χ4n) is 0.878. The minimum atomic E-state index is -0.972. The summed E-state index contributed by atoms with van der Waals surface area (Å²) in [7, 11) is 0. The molecular weight excluding hydrogens is 239 g/mol. The molecule has 15 heavy (non-hydrogen) atoms. The molecule has 1 N–H and O–H groups in total. The zero-order valence-electron chi connectivity index (χ0n) is 7.61. The number of carboxylic acid groups (broad SMARTS) is 1. The van der Waals surface area contributed by atoms with Gasteiger partial charge in [0.1, 0.15) is 12.4 Å². The summed E-state index contributed by atoms with van der Waals surface area (Å²) >= 11 is 10.9. The molecule has 0 unspecified atom stereocenters. The zero-order chi connectivity index (χ0) is 11.3. The van der Waals surface area contributed by atoms with Crippen LogP contribution in [0, 0.1) is 0 Å². The largest absolute Gasteiger partial charge is 0.488 e. The number of rotatable bonds is 4. The Morgan fingerprint density at radius 1 is 1.40 bits per heavy atom. The lowest BCUT2D eigenvalue weighted by Gasteiger charge is -2.04. The monoisotopic (exact) mass is 246 g/mol. The minimum absolute atomic E-state index is 0.164. The van der Waals surface area contributed by atoms with Crippen molar-refractivity contribution in [2.45, 2.75) is 0 Å². The van der Waals surface area contributed by atoms with Gasteiger partial charge < -0.3 is 9.84 Å². The topological polar surface area (TPSA) is 46.5 Å². The van der Waals surface area contributed by atoms with Gasteiger partial charge in [-0.05, 0) is 24.3 Å². The van der Waals surface area contributed by atoms with Crippen LogP contribution in [0.4, 0.5) is 0 Å². The SMILES string of the molecule is O=C(O)c1ccc(OCC(Cl)=CCl)cc1. The first-order valence-electron chi connectivity index (χ1n) is 4.04. The molecule has 0 aliphatic heterocycles. The average Bonchev–Trinajstić information content (AvgIpc) is 2.26. The molecule has 0 spiro atoms. The predicted molar refractivity (Wildman–Crippen MR) is 58.7 cm³/mol. The highest BCUT2D eigenvalue weighted by Crippen LogP contribution is 2.14. The second-order valence-corrected chi connectivity index (χ2v) is 3.38. The van der Waals surface area contributed by atoms with Gasteiger partial charge in [0.05, 0.1) is 10.6 Å². The van der Waals surface area contributed by atoms with Gasteiger partial charge in [0.25, 0.3) is 0 Å².